The van der Waals surface area contributed by atoms with Crippen LogP contribution in [0.4, 0.5) is 0 Å². The molecule has 3 unspecified atom stereocenters. The van der Waals surface area contributed by atoms with Crippen LogP contribution in [0.15, 0.2) is 0 Å². The molecule has 0 spiro atoms. The van der Waals surface area contributed by atoms with Gasteiger partial charge in [0, 0.05) is 26.7 Å². The maximum Gasteiger partial charge on any atom is 0.218 e. The van der Waals surface area contributed by atoms with Crippen molar-refractivity contribution in [3.63, 3.8) is 0 Å². The third kappa shape index (κ3) is 2.65. The van der Waals surface area contributed by atoms with Gasteiger partial charge in [0.25, 0.3) is 0 Å². The largest absolute Gasteiger partial charge is 0.380 e. The predicted octanol–water partition coefficient (Wildman–Crippen LogP) is 0.0349. The molecule has 2 aliphatic rings. The summed E-state index contributed by atoms with van der Waals surface area (Å²) in [5.74, 6) is 0.438. The standard InChI is InChI=1S/C11H22N2O3S/c1-9-4-6-13(8-11(9)16-2)17(14,15)10-3-5-12-7-10/h9-12H,3-8H2,1-2H3. The summed E-state index contributed by atoms with van der Waals surface area (Å²) in [6.07, 6.45) is 1.65. The Balaban J connectivity index is 2.06. The molecule has 0 aromatic heterocycles. The molecule has 100 valence electrons. The minimum atomic E-state index is -3.14. The third-order valence-corrected chi connectivity index (χ3v) is 6.25. The van der Waals surface area contributed by atoms with Crippen LogP contribution in [0.25, 0.3) is 0 Å². The average Bonchev–Trinajstić information content (AvgIpc) is 2.83. The molecule has 2 rings (SSSR count). The summed E-state index contributed by atoms with van der Waals surface area (Å²) in [5, 5.41) is 2.87. The zero-order valence-corrected chi connectivity index (χ0v) is 11.4. The van der Waals surface area contributed by atoms with Crippen molar-refractivity contribution in [1.82, 2.24) is 9.62 Å². The Morgan fingerprint density at radius 3 is 2.71 bits per heavy atom. The summed E-state index contributed by atoms with van der Waals surface area (Å²) in [6.45, 7) is 4.67. The molecule has 0 saturated carbocycles. The van der Waals surface area contributed by atoms with E-state index in [1.54, 1.807) is 11.4 Å². The maximum absolute atomic E-state index is 12.4. The molecule has 2 heterocycles. The van der Waals surface area contributed by atoms with Gasteiger partial charge in [0.2, 0.25) is 10.0 Å². The molecular formula is C11H22N2O3S. The molecule has 0 aromatic carbocycles. The molecule has 0 aliphatic carbocycles. The van der Waals surface area contributed by atoms with Crippen molar-refractivity contribution in [3.8, 4) is 0 Å². The first-order valence-electron chi connectivity index (χ1n) is 6.28. The minimum absolute atomic E-state index is 0.0351. The van der Waals surface area contributed by atoms with E-state index in [-0.39, 0.29) is 11.4 Å². The second-order valence-corrected chi connectivity index (χ2v) is 7.27. The first-order chi connectivity index (χ1) is 8.05. The number of methoxy groups -OCH3 is 1. The summed E-state index contributed by atoms with van der Waals surface area (Å²) in [4.78, 5) is 0. The van der Waals surface area contributed by atoms with E-state index < -0.39 is 10.0 Å². The lowest BCUT2D eigenvalue weighted by atomic mass is 9.97. The number of nitrogens with one attached hydrogen (secondary N) is 1. The topological polar surface area (TPSA) is 58.6 Å². The van der Waals surface area contributed by atoms with Gasteiger partial charge in [0.15, 0.2) is 0 Å². The molecule has 2 fully saturated rings. The normalized spacial score (nSPS) is 36.2. The fraction of sp³-hybridized carbons (Fsp3) is 1.00. The predicted molar refractivity (Wildman–Crippen MR) is 66.3 cm³/mol. The minimum Gasteiger partial charge on any atom is -0.380 e. The quantitative estimate of drug-likeness (QED) is 0.780. The van der Waals surface area contributed by atoms with Crippen molar-refractivity contribution < 1.29 is 13.2 Å². The fourth-order valence-corrected chi connectivity index (χ4v) is 4.52. The Hall–Kier alpha value is -0.170. The van der Waals surface area contributed by atoms with Crippen molar-refractivity contribution in [1.29, 1.82) is 0 Å². The van der Waals surface area contributed by atoms with Crippen molar-refractivity contribution >= 4 is 10.0 Å². The SMILES string of the molecule is COC1CN(S(=O)(=O)C2CCNC2)CCC1C. The number of ether oxygens (including phenoxy) is 1. The first kappa shape index (κ1) is 13.3. The highest BCUT2D eigenvalue weighted by Crippen LogP contribution is 2.24. The van der Waals surface area contributed by atoms with E-state index in [1.165, 1.54) is 0 Å². The lowest BCUT2D eigenvalue weighted by Crippen LogP contribution is -2.49. The second kappa shape index (κ2) is 5.22. The van der Waals surface area contributed by atoms with Gasteiger partial charge in [-0.3, -0.25) is 0 Å². The van der Waals surface area contributed by atoms with E-state index in [9.17, 15) is 8.42 Å². The van der Waals surface area contributed by atoms with Gasteiger partial charge >= 0.3 is 0 Å². The van der Waals surface area contributed by atoms with Gasteiger partial charge < -0.3 is 10.1 Å². The molecule has 0 aromatic rings. The highest BCUT2D eigenvalue weighted by Gasteiger charge is 2.38. The average molecular weight is 262 g/mol. The van der Waals surface area contributed by atoms with Crippen molar-refractivity contribution in [3.05, 3.63) is 0 Å². The van der Waals surface area contributed by atoms with Crippen molar-refractivity contribution in [2.24, 2.45) is 5.92 Å². The molecule has 17 heavy (non-hydrogen) atoms. The summed E-state index contributed by atoms with van der Waals surface area (Å²) < 4.78 is 31.8. The maximum atomic E-state index is 12.4. The molecule has 0 radical (unpaired) electrons. The van der Waals surface area contributed by atoms with Gasteiger partial charge in [-0.25, -0.2) is 8.42 Å². The molecule has 0 amide bonds. The molecule has 1 N–H and O–H groups in total. The zero-order chi connectivity index (χ0) is 12.5. The van der Waals surface area contributed by atoms with Gasteiger partial charge in [-0.2, -0.15) is 4.31 Å². The summed E-state index contributed by atoms with van der Waals surface area (Å²) >= 11 is 0. The van der Waals surface area contributed by atoms with E-state index in [4.69, 9.17) is 4.74 Å². The molecule has 6 heteroatoms. The first-order valence-corrected chi connectivity index (χ1v) is 7.78. The molecule has 0 bridgehead atoms. The monoisotopic (exact) mass is 262 g/mol. The number of hydrogen-bond acceptors (Lipinski definition) is 4. The van der Waals surface area contributed by atoms with E-state index in [2.05, 4.69) is 12.2 Å². The summed E-state index contributed by atoms with van der Waals surface area (Å²) in [5.41, 5.74) is 0. The number of piperidine rings is 1. The smallest absolute Gasteiger partial charge is 0.218 e. The van der Waals surface area contributed by atoms with E-state index in [1.807, 2.05) is 0 Å². The van der Waals surface area contributed by atoms with Crippen LogP contribution < -0.4 is 5.32 Å². The van der Waals surface area contributed by atoms with Crippen LogP contribution in [0, 0.1) is 5.92 Å². The Kier molecular flexibility index (Phi) is 4.07. The molecular weight excluding hydrogens is 240 g/mol. The second-order valence-electron chi connectivity index (χ2n) is 5.06. The Morgan fingerprint density at radius 2 is 2.12 bits per heavy atom. The molecule has 5 nitrogen and oxygen atoms in total. The van der Waals surface area contributed by atoms with Crippen LogP contribution >= 0.6 is 0 Å². The van der Waals surface area contributed by atoms with Crippen LogP contribution in [0.3, 0.4) is 0 Å². The molecule has 2 aliphatic heterocycles. The van der Waals surface area contributed by atoms with Crippen molar-refractivity contribution in [2.75, 3.05) is 33.3 Å². The van der Waals surface area contributed by atoms with Gasteiger partial charge in [0.1, 0.15) is 0 Å². The Morgan fingerprint density at radius 1 is 1.35 bits per heavy atom. The summed E-state index contributed by atoms with van der Waals surface area (Å²) in [7, 11) is -1.48. The molecule has 3 atom stereocenters. The van der Waals surface area contributed by atoms with E-state index in [0.717, 1.165) is 19.4 Å². The third-order valence-electron chi connectivity index (χ3n) is 3.95. The van der Waals surface area contributed by atoms with Crippen LogP contribution in [0.5, 0.6) is 0 Å². The van der Waals surface area contributed by atoms with Gasteiger partial charge in [-0.15, -0.1) is 0 Å². The number of hydrogen-bond donors (Lipinski definition) is 1. The van der Waals surface area contributed by atoms with Crippen LogP contribution in [-0.4, -0.2) is 57.4 Å². The summed E-state index contributed by atoms with van der Waals surface area (Å²) in [6, 6.07) is 0. The van der Waals surface area contributed by atoms with Gasteiger partial charge in [-0.05, 0) is 25.3 Å². The van der Waals surface area contributed by atoms with E-state index in [0.29, 0.717) is 25.6 Å². The lowest BCUT2D eigenvalue weighted by molar-refractivity contribution is 0.0182. The van der Waals surface area contributed by atoms with Crippen LogP contribution in [0.1, 0.15) is 19.8 Å². The zero-order valence-electron chi connectivity index (χ0n) is 10.6. The van der Waals surface area contributed by atoms with Gasteiger partial charge in [-0.1, -0.05) is 6.92 Å². The van der Waals surface area contributed by atoms with Crippen LogP contribution in [0.2, 0.25) is 0 Å². The number of sulfonamides is 1. The van der Waals surface area contributed by atoms with E-state index >= 15 is 0 Å². The number of rotatable bonds is 3. The highest BCUT2D eigenvalue weighted by atomic mass is 32.2. The van der Waals surface area contributed by atoms with Crippen molar-refractivity contribution in [2.45, 2.75) is 31.1 Å². The Labute approximate surface area is 104 Å². The Bertz CT molecular complexity index is 352. The van der Waals surface area contributed by atoms with Gasteiger partial charge in [0.05, 0.1) is 11.4 Å². The number of nitrogens with zero attached hydrogens (tertiary/aromatic N) is 1. The van der Waals surface area contributed by atoms with Crippen LogP contribution in [-0.2, 0) is 14.8 Å². The fourth-order valence-electron chi connectivity index (χ4n) is 2.64. The highest BCUT2D eigenvalue weighted by molar-refractivity contribution is 7.89. The lowest BCUT2D eigenvalue weighted by Gasteiger charge is -2.36. The molecule has 2 saturated heterocycles.